The van der Waals surface area contributed by atoms with E-state index in [2.05, 4.69) is 22.5 Å². The Morgan fingerprint density at radius 2 is 1.52 bits per heavy atom. The molecule has 16 heteroatoms. The minimum absolute atomic E-state index is 0.0454. The second kappa shape index (κ2) is 21.0. The number of nitrogens with one attached hydrogen (secondary N) is 2. The van der Waals surface area contributed by atoms with E-state index in [0.717, 1.165) is 29.7 Å². The van der Waals surface area contributed by atoms with Gasteiger partial charge in [-0.3, -0.25) is 19.3 Å². The van der Waals surface area contributed by atoms with Gasteiger partial charge >= 0.3 is 24.0 Å². The van der Waals surface area contributed by atoms with E-state index in [1.54, 1.807) is 61.2 Å². The third-order valence-electron chi connectivity index (χ3n) is 13.6. The van der Waals surface area contributed by atoms with E-state index in [0.29, 0.717) is 48.4 Å². The highest BCUT2D eigenvalue weighted by atomic mass is 16.6. The molecule has 7 unspecified atom stereocenters. The third kappa shape index (κ3) is 9.24. The summed E-state index contributed by atoms with van der Waals surface area (Å²) in [5, 5.41) is 15.1. The molecule has 4 aliphatic rings. The quantitative estimate of drug-likeness (QED) is 0.110. The van der Waals surface area contributed by atoms with Crippen molar-refractivity contribution in [2.75, 3.05) is 44.9 Å². The van der Waals surface area contributed by atoms with Gasteiger partial charge in [-0.1, -0.05) is 118 Å². The van der Waals surface area contributed by atoms with Crippen LogP contribution in [0.3, 0.4) is 0 Å². The summed E-state index contributed by atoms with van der Waals surface area (Å²) in [5.74, 6) is 1.60. The molecular weight excluding hydrogens is 881 g/mol. The first-order valence-corrected chi connectivity index (χ1v) is 23.5. The number of primary amides is 1. The number of anilines is 1. The maximum atomic E-state index is 16.7. The highest BCUT2D eigenvalue weighted by Gasteiger charge is 2.76. The minimum Gasteiger partial charge on any atom is -0.491 e. The number of fused-ring (bicyclic) bond motifs is 3. The summed E-state index contributed by atoms with van der Waals surface area (Å²) < 4.78 is 17.7. The molecule has 1 spiro atoms. The Bertz CT molecular complexity index is 2630. The molecule has 8 rings (SSSR count). The number of hydrogen-bond donors (Lipinski definition) is 4. The number of hydrogen-bond acceptors (Lipinski definition) is 11. The van der Waals surface area contributed by atoms with Crippen LogP contribution in [-0.2, 0) is 34.1 Å². The van der Waals surface area contributed by atoms with E-state index in [1.165, 1.54) is 7.11 Å². The fourth-order valence-corrected chi connectivity index (χ4v) is 10.7. The van der Waals surface area contributed by atoms with Crippen molar-refractivity contribution < 1.29 is 48.1 Å². The number of imide groups is 1. The van der Waals surface area contributed by atoms with Gasteiger partial charge in [0.2, 0.25) is 11.8 Å². The van der Waals surface area contributed by atoms with Crippen LogP contribution in [0.1, 0.15) is 92.0 Å². The maximum Gasteiger partial charge on any atom is 0.329 e. The van der Waals surface area contributed by atoms with Gasteiger partial charge in [0.25, 0.3) is 0 Å². The number of cyclic esters (lactones) is 1. The number of rotatable bonds is 11. The Labute approximate surface area is 401 Å². The molecule has 0 saturated carbocycles. The molecule has 7 atom stereocenters. The van der Waals surface area contributed by atoms with Gasteiger partial charge in [0.1, 0.15) is 36.0 Å². The van der Waals surface area contributed by atoms with Crippen molar-refractivity contribution in [2.24, 2.45) is 17.6 Å². The van der Waals surface area contributed by atoms with Crippen molar-refractivity contribution in [3.8, 4) is 17.6 Å². The predicted octanol–water partition coefficient (Wildman–Crippen LogP) is 5.44. The molecule has 6 amide bonds. The van der Waals surface area contributed by atoms with Crippen molar-refractivity contribution in [1.29, 1.82) is 0 Å². The van der Waals surface area contributed by atoms with E-state index < -0.39 is 83.3 Å². The fourth-order valence-electron chi connectivity index (χ4n) is 10.7. The lowest BCUT2D eigenvalue weighted by atomic mass is 9.64. The molecule has 0 aromatic heterocycles. The van der Waals surface area contributed by atoms with Crippen molar-refractivity contribution in [3.05, 3.63) is 131 Å². The van der Waals surface area contributed by atoms with Crippen LogP contribution < -0.4 is 26.0 Å². The van der Waals surface area contributed by atoms with Crippen molar-refractivity contribution in [3.63, 3.8) is 0 Å². The summed E-state index contributed by atoms with van der Waals surface area (Å²) in [6.07, 6.45) is 3.22. The Hall–Kier alpha value is -7.22. The predicted molar refractivity (Wildman–Crippen MR) is 254 cm³/mol. The Balaban J connectivity index is 1.47. The molecule has 0 radical (unpaired) electrons. The molecule has 4 aromatic rings. The van der Waals surface area contributed by atoms with Gasteiger partial charge in [-0.05, 0) is 71.3 Å². The lowest BCUT2D eigenvalue weighted by Gasteiger charge is -2.46. The number of amides is 6. The van der Waals surface area contributed by atoms with Crippen LogP contribution in [-0.4, -0.2) is 103 Å². The smallest absolute Gasteiger partial charge is 0.329 e. The molecule has 4 aromatic carbocycles. The van der Waals surface area contributed by atoms with Gasteiger partial charge in [-0.15, -0.1) is 0 Å². The first-order chi connectivity index (χ1) is 33.4. The van der Waals surface area contributed by atoms with Gasteiger partial charge in [-0.2, -0.15) is 0 Å². The summed E-state index contributed by atoms with van der Waals surface area (Å²) in [5.41, 5.74) is 5.84. The minimum atomic E-state index is -2.09. The number of ether oxygens (including phenoxy) is 3. The van der Waals surface area contributed by atoms with Crippen LogP contribution in [0.15, 0.2) is 103 Å². The standard InChI is InChI=1S/C53H58N6O10/c1-33(2)42(48(62)67-3)56-52(66)58-40-25-24-34(17-16-26-55-51(54)65)31-39(40)53(50(58)64)41(47(61)57-27-13-5-4-6-14-28-57)44-49(63)69-45(36-20-11-8-12-21-36)43(35-18-9-7-10-19-35)59(44)46(53)37-22-15-23-38(32-37)68-30-29-60/h7-12,15,18-25,31-33,41-46,60H,4-6,13-14,26-30H2,1-3H3,(H,56,66)(H3,54,55,65). The van der Waals surface area contributed by atoms with Gasteiger partial charge in [0.15, 0.2) is 0 Å². The van der Waals surface area contributed by atoms with Gasteiger partial charge < -0.3 is 40.6 Å². The summed E-state index contributed by atoms with van der Waals surface area (Å²) in [6.45, 7) is 3.78. The number of urea groups is 2. The van der Waals surface area contributed by atoms with Crippen molar-refractivity contribution in [1.82, 2.24) is 20.4 Å². The molecular formula is C53H58N6O10. The normalized spacial score (nSPS) is 23.6. The van der Waals surface area contributed by atoms with E-state index >= 15 is 19.2 Å². The summed E-state index contributed by atoms with van der Waals surface area (Å²) in [4.78, 5) is 93.0. The van der Waals surface area contributed by atoms with Crippen molar-refractivity contribution in [2.45, 2.75) is 81.6 Å². The Kier molecular flexibility index (Phi) is 14.7. The molecule has 3 fully saturated rings. The lowest BCUT2D eigenvalue weighted by Crippen LogP contribution is -2.58. The van der Waals surface area contributed by atoms with Crippen LogP contribution in [0.25, 0.3) is 0 Å². The molecule has 3 saturated heterocycles. The number of esters is 2. The molecule has 4 aliphatic heterocycles. The number of nitrogens with two attached hydrogens (primary N) is 1. The average molecular weight is 939 g/mol. The lowest BCUT2D eigenvalue weighted by molar-refractivity contribution is -0.179. The topological polar surface area (TPSA) is 210 Å². The highest BCUT2D eigenvalue weighted by Crippen LogP contribution is 2.66. The number of likely N-dealkylation sites (tertiary alicyclic amines) is 1. The first-order valence-electron chi connectivity index (χ1n) is 23.5. The molecule has 4 heterocycles. The number of carbonyl (C=O) groups is 6. The van der Waals surface area contributed by atoms with Crippen LogP contribution in [0.4, 0.5) is 15.3 Å². The Morgan fingerprint density at radius 1 is 0.855 bits per heavy atom. The van der Waals surface area contributed by atoms with E-state index in [9.17, 15) is 14.7 Å². The summed E-state index contributed by atoms with van der Waals surface area (Å²) in [7, 11) is 1.21. The number of aliphatic hydroxyl groups excluding tert-OH is 1. The summed E-state index contributed by atoms with van der Waals surface area (Å²) in [6, 6.07) is 24.3. The van der Waals surface area contributed by atoms with E-state index in [-0.39, 0.29) is 31.0 Å². The highest BCUT2D eigenvalue weighted by molar-refractivity contribution is 6.25. The zero-order valence-corrected chi connectivity index (χ0v) is 39.0. The largest absolute Gasteiger partial charge is 0.491 e. The zero-order valence-electron chi connectivity index (χ0n) is 39.0. The molecule has 5 N–H and O–H groups in total. The molecule has 16 nitrogen and oxygen atoms in total. The molecule has 69 heavy (non-hydrogen) atoms. The number of morpholine rings is 1. The van der Waals surface area contributed by atoms with E-state index in [4.69, 9.17) is 19.9 Å². The number of carbonyl (C=O) groups excluding carboxylic acids is 6. The van der Waals surface area contributed by atoms with Crippen LogP contribution in [0, 0.1) is 23.7 Å². The second-order valence-corrected chi connectivity index (χ2v) is 18.1. The first kappa shape index (κ1) is 48.2. The van der Waals surface area contributed by atoms with Gasteiger partial charge in [0, 0.05) is 18.7 Å². The van der Waals surface area contributed by atoms with Crippen LogP contribution >= 0.6 is 0 Å². The number of methoxy groups -OCH3 is 1. The number of nitrogens with zero attached hydrogens (tertiary/aromatic N) is 3. The molecule has 0 bridgehead atoms. The maximum absolute atomic E-state index is 16.7. The SMILES string of the molecule is COC(=O)C(NC(=O)N1C(=O)C2(c3cc(C#CCNC(N)=O)ccc31)C(C(=O)N1CCCCCCC1)C1C(=O)OC(c3ccccc3)C(c3ccccc3)N1C2c1cccc(OCCO)c1)C(C)C. The van der Waals surface area contributed by atoms with Crippen LogP contribution in [0.5, 0.6) is 5.75 Å². The fraction of sp³-hybridized carbons (Fsp3) is 0.396. The van der Waals surface area contributed by atoms with Crippen molar-refractivity contribution >= 4 is 41.5 Å². The van der Waals surface area contributed by atoms with E-state index in [1.807, 2.05) is 65.6 Å². The van der Waals surface area contributed by atoms with Crippen LogP contribution in [0.2, 0.25) is 0 Å². The zero-order chi connectivity index (χ0) is 48.8. The Morgan fingerprint density at radius 3 is 2.17 bits per heavy atom. The summed E-state index contributed by atoms with van der Waals surface area (Å²) >= 11 is 0. The number of aliphatic hydroxyl groups is 1. The monoisotopic (exact) mass is 938 g/mol. The number of benzene rings is 4. The second-order valence-electron chi connectivity index (χ2n) is 18.1. The van der Waals surface area contributed by atoms with Gasteiger partial charge in [0.05, 0.1) is 44.0 Å². The average Bonchev–Trinajstić information content (AvgIpc) is 3.80. The molecule has 360 valence electrons. The third-order valence-corrected chi connectivity index (χ3v) is 13.6. The molecule has 0 aliphatic carbocycles. The van der Waals surface area contributed by atoms with Gasteiger partial charge in [-0.25, -0.2) is 19.3 Å².